The van der Waals surface area contributed by atoms with E-state index >= 15 is 0 Å². The van der Waals surface area contributed by atoms with Crippen LogP contribution in [0.15, 0.2) is 426 Å². The Labute approximate surface area is 855 Å². The van der Waals surface area contributed by atoms with Gasteiger partial charge in [-0.2, -0.15) is 118 Å². The molecule has 0 fully saturated rings. The van der Waals surface area contributed by atoms with E-state index in [-0.39, 0.29) is 102 Å². The van der Waals surface area contributed by atoms with E-state index in [0.717, 1.165) is 72.2 Å². The Balaban J connectivity index is 0.000000155. The van der Waals surface area contributed by atoms with Gasteiger partial charge in [-0.05, 0) is 169 Å². The average Bonchev–Trinajstić information content (AvgIpc) is 0.800. The Morgan fingerprint density at radius 2 is 0.647 bits per heavy atom. The number of pyridine rings is 4. The molecule has 4 aliphatic heterocycles. The second-order valence-corrected chi connectivity index (χ2v) is 40.1. The first-order valence-corrected chi connectivity index (χ1v) is 47.3. The zero-order chi connectivity index (χ0) is 91.0. The van der Waals surface area contributed by atoms with E-state index in [0.29, 0.717) is 34.7 Å². The number of rotatable bonds is 22. The van der Waals surface area contributed by atoms with Crippen molar-refractivity contribution < 1.29 is 114 Å². The molecule has 0 unspecified atom stereocenters. The number of hydrogen-bond donors (Lipinski definition) is 4. The van der Waals surface area contributed by atoms with E-state index in [1.54, 1.807) is 60.7 Å². The maximum atomic E-state index is 10.8. The summed E-state index contributed by atoms with van der Waals surface area (Å²) in [6.45, 7) is 16.4. The predicted octanol–water partition coefficient (Wildman–Crippen LogP) is 17.8. The van der Waals surface area contributed by atoms with Crippen molar-refractivity contribution in [2.45, 2.75) is 38.5 Å². The van der Waals surface area contributed by atoms with Gasteiger partial charge < -0.3 is 69.1 Å². The molecular formula is C112H96N12O6Pt4Si2. The van der Waals surface area contributed by atoms with Crippen molar-refractivity contribution >= 4 is 92.5 Å². The molecule has 0 radical (unpaired) electrons. The molecule has 18 nitrogen and oxygen atoms in total. The number of phenols is 4. The topological polar surface area (TPSA) is 177 Å². The molecule has 8 heterocycles. The van der Waals surface area contributed by atoms with E-state index < -0.39 is 27.0 Å². The van der Waals surface area contributed by atoms with Crippen molar-refractivity contribution in [1.82, 2.24) is 29.7 Å². The summed E-state index contributed by atoms with van der Waals surface area (Å²) in [7, 11) is -1.87. The van der Waals surface area contributed by atoms with Crippen LogP contribution in [0.3, 0.4) is 0 Å². The van der Waals surface area contributed by atoms with Gasteiger partial charge in [0.15, 0.2) is 39.1 Å². The monoisotopic (exact) mass is 2540 g/mol. The number of anilines is 6. The Hall–Kier alpha value is -13.4. The minimum atomic E-state index is -2.95. The molecule has 16 aromatic rings. The van der Waals surface area contributed by atoms with Crippen LogP contribution in [0.1, 0.15) is 50.1 Å². The molecule has 4 N–H and O–H groups in total. The van der Waals surface area contributed by atoms with Gasteiger partial charge in [0.25, 0.3) is 0 Å². The van der Waals surface area contributed by atoms with Crippen LogP contribution in [-0.4, -0.2) is 80.4 Å². The summed E-state index contributed by atoms with van der Waals surface area (Å²) in [6, 6.07) is 137. The molecule has 4 aliphatic rings. The van der Waals surface area contributed by atoms with Crippen LogP contribution in [0.2, 0.25) is 0 Å². The first-order chi connectivity index (χ1) is 64.4. The predicted molar refractivity (Wildman–Crippen MR) is 533 cm³/mol. The van der Waals surface area contributed by atoms with E-state index in [1.165, 1.54) is 20.7 Å². The van der Waals surface area contributed by atoms with E-state index in [2.05, 4.69) is 226 Å². The number of nitrogens with zero attached hydrogens (tertiary/aromatic N) is 12. The third-order valence-electron chi connectivity index (χ3n) is 23.3. The van der Waals surface area contributed by atoms with Gasteiger partial charge in [0.1, 0.15) is 34.8 Å². The maximum absolute atomic E-state index is 10.8. The summed E-state index contributed by atoms with van der Waals surface area (Å²) < 4.78 is 11.8. The summed E-state index contributed by atoms with van der Waals surface area (Å²) in [5.41, 5.74) is 4.69. The zero-order valence-electron chi connectivity index (χ0n) is 75.0. The molecule has 0 aliphatic carbocycles. The molecule has 12 aromatic carbocycles. The number of phenolic OH excluding ortho intramolecular Hbond substituents is 4. The molecule has 0 amide bonds. The molecule has 20 rings (SSSR count). The van der Waals surface area contributed by atoms with Gasteiger partial charge in [-0.15, -0.1) is 50.2 Å². The first kappa shape index (κ1) is 100. The zero-order valence-corrected chi connectivity index (χ0v) is 86.0. The molecule has 0 atom stereocenters. The Morgan fingerprint density at radius 1 is 0.294 bits per heavy atom. The quantitative estimate of drug-likeness (QED) is 0.0286. The normalized spacial score (nSPS) is 13.0. The summed E-state index contributed by atoms with van der Waals surface area (Å²) >= 11 is 0. The van der Waals surface area contributed by atoms with Crippen molar-refractivity contribution in [1.29, 1.82) is 0 Å². The third kappa shape index (κ3) is 22.2. The van der Waals surface area contributed by atoms with Crippen LogP contribution >= 0.6 is 0 Å². The largest absolute Gasteiger partial charge is 2.00 e. The van der Waals surface area contributed by atoms with Gasteiger partial charge in [0, 0.05) is 39.0 Å². The molecule has 0 saturated carbocycles. The molecule has 136 heavy (non-hydrogen) atoms. The van der Waals surface area contributed by atoms with Crippen LogP contribution in [0.25, 0.3) is 0 Å². The smallest absolute Gasteiger partial charge is 0.510 e. The molecule has 0 spiro atoms. The summed E-state index contributed by atoms with van der Waals surface area (Å²) in [5, 5.41) is 50.2. The van der Waals surface area contributed by atoms with Gasteiger partial charge in [0.2, 0.25) is 5.88 Å². The minimum absolute atomic E-state index is 0. The van der Waals surface area contributed by atoms with Gasteiger partial charge in [0.05, 0.1) is 5.69 Å². The van der Waals surface area contributed by atoms with Crippen molar-refractivity contribution in [3.05, 3.63) is 499 Å². The van der Waals surface area contributed by atoms with Crippen LogP contribution in [-0.2, 0) is 95.1 Å². The fraction of sp³-hybridized carbons (Fsp3) is 0.0714. The van der Waals surface area contributed by atoms with Crippen molar-refractivity contribution in [2.24, 2.45) is 0 Å². The molecule has 4 aromatic heterocycles. The molecular weight excluding hydrogens is 2450 g/mol. The van der Waals surface area contributed by atoms with Crippen LogP contribution in [0, 0.1) is 50.9 Å². The molecule has 0 saturated heterocycles. The van der Waals surface area contributed by atoms with Crippen molar-refractivity contribution in [3.8, 4) is 46.1 Å². The fourth-order valence-electron chi connectivity index (χ4n) is 16.6. The van der Waals surface area contributed by atoms with Crippen LogP contribution < -0.4 is 80.6 Å². The van der Waals surface area contributed by atoms with Crippen molar-refractivity contribution in [2.75, 3.05) is 43.5 Å². The number of aromatic nitrogens is 4. The Bertz CT molecular complexity index is 6690. The SMILES string of the molecule is CC(C)(c1cccc(N2C=CN(c3[c-]cccc3)[CH-]2)n1)c1ccccc1O.CN1C=CN(c2cccc([Si](c3[c-]c(C(C)(C)c4ccccc4O)ccc3)(c3ccccc3)c3ccccc3)n2)[CH-]1.CN1C=CN(c2cccc([Si](c3[c-]c(Oc4ccccc4O)ccc3)(c3ccccc3)c3ccccc3)n2)[CH-]1.Oc1ccccc1Oc1cccc(N2C=CN(c3[c-]cccc3)[CH-]2)n1.[Pt+2].[Pt+2].[Pt+2].[Pt+2]. The number of benzene rings is 12. The maximum Gasteiger partial charge on any atom is 2.00 e. The second-order valence-electron chi connectivity index (χ2n) is 32.7. The van der Waals surface area contributed by atoms with Gasteiger partial charge in [-0.25, -0.2) is 15.0 Å². The van der Waals surface area contributed by atoms with Gasteiger partial charge in [-0.1, -0.05) is 234 Å². The first-order valence-electron chi connectivity index (χ1n) is 43.3. The number of ether oxygens (including phenoxy) is 2. The molecule has 0 bridgehead atoms. The van der Waals surface area contributed by atoms with Crippen LogP contribution in [0.5, 0.6) is 46.1 Å². The van der Waals surface area contributed by atoms with E-state index in [4.69, 9.17) is 24.4 Å². The second kappa shape index (κ2) is 45.7. The summed E-state index contributed by atoms with van der Waals surface area (Å²) in [5.74, 6) is 5.69. The van der Waals surface area contributed by atoms with Crippen molar-refractivity contribution in [3.63, 3.8) is 0 Å². The van der Waals surface area contributed by atoms with Gasteiger partial charge in [-0.3, -0.25) is 0 Å². The summed E-state index contributed by atoms with van der Waals surface area (Å²) in [6.07, 6.45) is 15.9. The third-order valence-corrected chi connectivity index (χ3v) is 32.4. The summed E-state index contributed by atoms with van der Waals surface area (Å²) in [4.78, 5) is 36.0. The molecule has 688 valence electrons. The van der Waals surface area contributed by atoms with Crippen LogP contribution in [0.4, 0.5) is 34.6 Å². The Morgan fingerprint density at radius 3 is 1.08 bits per heavy atom. The average molecular weight is 2540 g/mol. The fourth-order valence-corrected chi connectivity index (χ4v) is 25.6. The van der Waals surface area contributed by atoms with E-state index in [9.17, 15) is 20.4 Å². The number of para-hydroxylation sites is 8. The molecule has 24 heteroatoms. The standard InChI is InChI=1S/C36H33N3OSi.C33H27N3O2Si.C23H21N3O.C20H15N3O2.4Pt/c1-36(2,32-20-10-11-21-33(32)40)28-14-12-19-31(26-28)41(29-15-6-4-7-16-29,30-17-8-5-9-18-30)35-23-13-22-34(37-35)39-25-24-38(3)27-39;1-35-22-23-36(25-35)32-20-11-21-33(34-32)39(27-13-4-2-5-14-27,28-15-6-3-7-16-28)29-17-10-12-26(24-29)38-31-19-9-8-18-30(31)37;1-23(2,19-11-6-7-12-20(19)27)21-13-8-14-22(24-21)26-16-15-25(17-26)18-9-4-3-5-10-18;24-17-9-4-5-10-18(17)25-20-12-6-11-19(21-20)23-14-13-22(15-23)16-7-2-1-3-8-16;;;;/h4-25,27,40H,1-3H3;2-23,25,37H,1H3;3-9,11-17,27H,1-2H3;1-7,9-15,24H;;;;/q4*-2;4*+2. The van der Waals surface area contributed by atoms with Gasteiger partial charge >= 0.3 is 84.3 Å². The van der Waals surface area contributed by atoms with E-state index in [1.807, 2.05) is 276 Å². The Kier molecular flexibility index (Phi) is 33.7. The number of hydrogen-bond acceptors (Lipinski definition) is 18. The minimum Gasteiger partial charge on any atom is -0.510 e. The number of aromatic hydroxyl groups is 4.